The number of benzene rings is 4. The molecule has 0 fully saturated rings. The number of sulfonamides is 1. The lowest BCUT2D eigenvalue weighted by Gasteiger charge is -2.34. The number of carbonyl (C=O) groups is 2. The van der Waals surface area contributed by atoms with Gasteiger partial charge in [0.05, 0.1) is 11.9 Å². The highest BCUT2D eigenvalue weighted by Crippen LogP contribution is 2.28. The maximum Gasteiger partial charge on any atom is 0.244 e. The molecule has 0 heterocycles. The number of rotatable bonds is 15. The lowest BCUT2D eigenvalue weighted by molar-refractivity contribution is -0.140. The second-order valence-electron chi connectivity index (χ2n) is 10.8. The number of amides is 2. The van der Waals surface area contributed by atoms with Crippen LogP contribution >= 0.6 is 23.2 Å². The van der Waals surface area contributed by atoms with Crippen LogP contribution in [0.25, 0.3) is 0 Å². The molecule has 4 rings (SSSR count). The summed E-state index contributed by atoms with van der Waals surface area (Å²) in [6.07, 6.45) is 1.92. The summed E-state index contributed by atoms with van der Waals surface area (Å²) in [6.45, 7) is 2.01. The van der Waals surface area contributed by atoms with Gasteiger partial charge in [-0.15, -0.1) is 0 Å². The van der Waals surface area contributed by atoms with Crippen LogP contribution in [0.3, 0.4) is 0 Å². The molecule has 1 atom stereocenters. The highest BCUT2D eigenvalue weighted by Gasteiger charge is 2.33. The van der Waals surface area contributed by atoms with Crippen molar-refractivity contribution >= 4 is 50.7 Å². The van der Waals surface area contributed by atoms with Gasteiger partial charge < -0.3 is 15.0 Å². The minimum Gasteiger partial charge on any atom is -0.489 e. The van der Waals surface area contributed by atoms with E-state index in [0.717, 1.165) is 21.7 Å². The molecule has 0 aromatic heterocycles. The lowest BCUT2D eigenvalue weighted by Crippen LogP contribution is -2.53. The Morgan fingerprint density at radius 3 is 1.98 bits per heavy atom. The van der Waals surface area contributed by atoms with Crippen molar-refractivity contribution in [3.63, 3.8) is 0 Å². The average molecular weight is 683 g/mol. The molecule has 0 saturated heterocycles. The zero-order chi connectivity index (χ0) is 33.1. The Bertz CT molecular complexity index is 1690. The third kappa shape index (κ3) is 9.72. The molecule has 2 amide bonds. The van der Waals surface area contributed by atoms with E-state index in [2.05, 4.69) is 5.32 Å². The number of hydrogen-bond acceptors (Lipinski definition) is 5. The van der Waals surface area contributed by atoms with Gasteiger partial charge in [0.2, 0.25) is 21.8 Å². The van der Waals surface area contributed by atoms with Gasteiger partial charge in [-0.25, -0.2) is 8.42 Å². The summed E-state index contributed by atoms with van der Waals surface area (Å²) < 4.78 is 33.1. The summed E-state index contributed by atoms with van der Waals surface area (Å²) in [5, 5.41) is 3.55. The fourth-order valence-corrected chi connectivity index (χ4v) is 6.20. The summed E-state index contributed by atoms with van der Waals surface area (Å²) >= 11 is 13.0. The molecule has 1 N–H and O–H groups in total. The zero-order valence-electron chi connectivity index (χ0n) is 25.7. The van der Waals surface area contributed by atoms with Gasteiger partial charge in [-0.05, 0) is 53.9 Å². The highest BCUT2D eigenvalue weighted by molar-refractivity contribution is 7.92. The van der Waals surface area contributed by atoms with Gasteiger partial charge >= 0.3 is 0 Å². The Morgan fingerprint density at radius 1 is 0.826 bits per heavy atom. The molecule has 1 unspecified atom stereocenters. The fourth-order valence-electron chi connectivity index (χ4n) is 4.84. The highest BCUT2D eigenvalue weighted by atomic mass is 35.5. The van der Waals surface area contributed by atoms with Crippen molar-refractivity contribution in [2.75, 3.05) is 23.7 Å². The molecular formula is C35H37Cl2N3O5S. The van der Waals surface area contributed by atoms with Crippen LogP contribution in [0, 0.1) is 0 Å². The minimum absolute atomic E-state index is 0.113. The summed E-state index contributed by atoms with van der Waals surface area (Å²) in [4.78, 5) is 29.3. The van der Waals surface area contributed by atoms with Crippen molar-refractivity contribution in [1.82, 2.24) is 10.2 Å². The quantitative estimate of drug-likeness (QED) is 0.154. The SMILES string of the molecule is CCCNC(=O)C(Cc1ccccc1)N(Cc1c(Cl)cccc1Cl)C(=O)CN(c1ccc(OCc2ccccc2)cc1)S(C)(=O)=O. The molecule has 0 aliphatic rings. The van der Waals surface area contributed by atoms with Gasteiger partial charge in [0.15, 0.2) is 0 Å². The van der Waals surface area contributed by atoms with Crippen LogP contribution in [-0.4, -0.2) is 50.5 Å². The molecule has 11 heteroatoms. The Morgan fingerprint density at radius 2 is 1.41 bits per heavy atom. The normalized spacial score (nSPS) is 11.8. The standard InChI is InChI=1S/C35H37Cl2N3O5S/c1-3-21-38-35(42)33(22-26-11-6-4-7-12-26)39(23-30-31(36)15-10-16-32(30)37)34(41)24-40(46(2,43)44)28-17-19-29(20-18-28)45-25-27-13-8-5-9-14-27/h4-20,33H,3,21-25H2,1-2H3,(H,38,42). The van der Waals surface area contributed by atoms with Crippen molar-refractivity contribution in [3.05, 3.63) is 130 Å². The van der Waals surface area contributed by atoms with E-state index >= 15 is 0 Å². The first-order chi connectivity index (χ1) is 22.1. The zero-order valence-corrected chi connectivity index (χ0v) is 28.1. The Labute approximate surface area is 280 Å². The fraction of sp³-hybridized carbons (Fsp3) is 0.257. The van der Waals surface area contributed by atoms with E-state index in [1.54, 1.807) is 42.5 Å². The number of carbonyl (C=O) groups excluding carboxylic acids is 2. The minimum atomic E-state index is -3.93. The molecule has 4 aromatic carbocycles. The van der Waals surface area contributed by atoms with Crippen molar-refractivity contribution in [2.45, 2.75) is 39.0 Å². The van der Waals surface area contributed by atoms with Crippen LogP contribution in [0.5, 0.6) is 5.75 Å². The van der Waals surface area contributed by atoms with Crippen molar-refractivity contribution in [2.24, 2.45) is 0 Å². The Balaban J connectivity index is 1.66. The second-order valence-corrected chi connectivity index (χ2v) is 13.5. The van der Waals surface area contributed by atoms with Crippen LogP contribution in [0.2, 0.25) is 10.0 Å². The van der Waals surface area contributed by atoms with E-state index in [0.29, 0.717) is 40.9 Å². The van der Waals surface area contributed by atoms with Crippen molar-refractivity contribution in [1.29, 1.82) is 0 Å². The monoisotopic (exact) mass is 681 g/mol. The van der Waals surface area contributed by atoms with Gasteiger partial charge in [-0.1, -0.05) is 96.9 Å². The molecule has 0 spiro atoms. The Hall–Kier alpha value is -4.05. The van der Waals surface area contributed by atoms with Gasteiger partial charge in [0, 0.05) is 35.1 Å². The van der Waals surface area contributed by atoms with Gasteiger partial charge in [-0.2, -0.15) is 0 Å². The second kappa shape index (κ2) is 16.5. The third-order valence-corrected chi connectivity index (χ3v) is 9.11. The molecule has 0 saturated carbocycles. The lowest BCUT2D eigenvalue weighted by atomic mass is 10.0. The van der Waals surface area contributed by atoms with E-state index in [4.69, 9.17) is 27.9 Å². The van der Waals surface area contributed by atoms with E-state index < -0.39 is 28.5 Å². The van der Waals surface area contributed by atoms with E-state index in [1.807, 2.05) is 67.6 Å². The van der Waals surface area contributed by atoms with Gasteiger partial charge in [0.25, 0.3) is 0 Å². The van der Waals surface area contributed by atoms with Crippen LogP contribution in [0.4, 0.5) is 5.69 Å². The number of nitrogens with zero attached hydrogens (tertiary/aromatic N) is 2. The van der Waals surface area contributed by atoms with E-state index in [-0.39, 0.29) is 24.6 Å². The molecular weight excluding hydrogens is 645 g/mol. The first kappa shape index (κ1) is 34.8. The maximum atomic E-state index is 14.3. The predicted molar refractivity (Wildman–Crippen MR) is 184 cm³/mol. The molecule has 0 radical (unpaired) electrons. The molecule has 0 aliphatic heterocycles. The number of nitrogens with one attached hydrogen (secondary N) is 1. The van der Waals surface area contributed by atoms with Gasteiger partial charge in [-0.3, -0.25) is 13.9 Å². The van der Waals surface area contributed by atoms with Crippen LogP contribution < -0.4 is 14.4 Å². The average Bonchev–Trinajstić information content (AvgIpc) is 3.05. The van der Waals surface area contributed by atoms with Gasteiger partial charge in [0.1, 0.15) is 24.9 Å². The largest absolute Gasteiger partial charge is 0.489 e. The van der Waals surface area contributed by atoms with Crippen molar-refractivity contribution in [3.8, 4) is 5.75 Å². The van der Waals surface area contributed by atoms with Crippen LogP contribution in [0.1, 0.15) is 30.0 Å². The third-order valence-electron chi connectivity index (χ3n) is 7.26. The number of hydrogen-bond donors (Lipinski definition) is 1. The molecule has 0 aliphatic carbocycles. The molecule has 242 valence electrons. The Kier molecular flexibility index (Phi) is 12.5. The number of ether oxygens (including phenoxy) is 1. The van der Waals surface area contributed by atoms with E-state index in [1.165, 1.54) is 4.90 Å². The van der Waals surface area contributed by atoms with Crippen LogP contribution in [-0.2, 0) is 39.2 Å². The smallest absolute Gasteiger partial charge is 0.244 e. The van der Waals surface area contributed by atoms with Crippen LogP contribution in [0.15, 0.2) is 103 Å². The van der Waals surface area contributed by atoms with Crippen molar-refractivity contribution < 1.29 is 22.7 Å². The molecule has 8 nitrogen and oxygen atoms in total. The predicted octanol–water partition coefficient (Wildman–Crippen LogP) is 6.50. The number of halogens is 2. The molecule has 0 bridgehead atoms. The molecule has 46 heavy (non-hydrogen) atoms. The molecule has 4 aromatic rings. The summed E-state index contributed by atoms with van der Waals surface area (Å²) in [6, 6.07) is 29.4. The summed E-state index contributed by atoms with van der Waals surface area (Å²) in [5.41, 5.74) is 2.54. The summed E-state index contributed by atoms with van der Waals surface area (Å²) in [5.74, 6) is -0.427. The topological polar surface area (TPSA) is 96.0 Å². The summed E-state index contributed by atoms with van der Waals surface area (Å²) in [7, 11) is -3.93. The first-order valence-corrected chi connectivity index (χ1v) is 17.5. The number of anilines is 1. The maximum absolute atomic E-state index is 14.3. The van der Waals surface area contributed by atoms with E-state index in [9.17, 15) is 18.0 Å². The first-order valence-electron chi connectivity index (χ1n) is 14.8.